The molecule has 5 heteroatoms. The van der Waals surface area contributed by atoms with Crippen LogP contribution in [0.3, 0.4) is 0 Å². The lowest BCUT2D eigenvalue weighted by atomic mass is 10.0. The van der Waals surface area contributed by atoms with Crippen molar-refractivity contribution in [1.29, 1.82) is 0 Å². The summed E-state index contributed by atoms with van der Waals surface area (Å²) >= 11 is 3.02. The number of nitrogens with one attached hydrogen (secondary N) is 1. The van der Waals surface area contributed by atoms with Crippen LogP contribution in [0.1, 0.15) is 24.2 Å². The number of hydrogen-bond acceptors (Lipinski definition) is 2. The predicted octanol–water partition coefficient (Wildman–Crippen LogP) is 2.33. The summed E-state index contributed by atoms with van der Waals surface area (Å²) in [5.74, 6) is -0.754. The normalized spacial score (nSPS) is 12.6. The van der Waals surface area contributed by atoms with Gasteiger partial charge in [0.2, 0.25) is 0 Å². The molecule has 0 aromatic heterocycles. The highest BCUT2D eigenvalue weighted by atomic mass is 79.9. The molecule has 0 saturated carbocycles. The minimum Gasteiger partial charge on any atom is -0.394 e. The number of rotatable bonds is 4. The largest absolute Gasteiger partial charge is 0.394 e. The lowest BCUT2D eigenvalue weighted by molar-refractivity contribution is 0.0896. The van der Waals surface area contributed by atoms with E-state index >= 15 is 0 Å². The topological polar surface area (TPSA) is 49.3 Å². The highest BCUT2D eigenvalue weighted by Gasteiger charge is 2.16. The first-order valence-corrected chi connectivity index (χ1v) is 6.11. The zero-order valence-corrected chi connectivity index (χ0v) is 11.3. The second-order valence-corrected chi connectivity index (χ2v) is 4.99. The van der Waals surface area contributed by atoms with Gasteiger partial charge in [0.15, 0.2) is 0 Å². The van der Waals surface area contributed by atoms with Gasteiger partial charge in [-0.1, -0.05) is 13.8 Å². The molecule has 0 fully saturated rings. The average Bonchev–Trinajstić information content (AvgIpc) is 2.28. The van der Waals surface area contributed by atoms with Crippen LogP contribution < -0.4 is 5.32 Å². The zero-order valence-electron chi connectivity index (χ0n) is 9.71. The molecule has 1 atom stereocenters. The molecule has 0 aliphatic heterocycles. The van der Waals surface area contributed by atoms with E-state index in [-0.39, 0.29) is 30.0 Å². The van der Waals surface area contributed by atoms with Crippen molar-refractivity contribution in [3.05, 3.63) is 34.1 Å². The van der Waals surface area contributed by atoms with E-state index in [0.717, 1.165) is 6.07 Å². The van der Waals surface area contributed by atoms with Crippen LogP contribution in [0.4, 0.5) is 4.39 Å². The average molecular weight is 304 g/mol. The van der Waals surface area contributed by atoms with Crippen molar-refractivity contribution in [3.8, 4) is 0 Å². The Balaban J connectivity index is 2.79. The predicted molar refractivity (Wildman–Crippen MR) is 67.3 cm³/mol. The Morgan fingerprint density at radius 3 is 2.65 bits per heavy atom. The fourth-order valence-electron chi connectivity index (χ4n) is 1.31. The van der Waals surface area contributed by atoms with E-state index in [2.05, 4.69) is 21.2 Å². The maximum Gasteiger partial charge on any atom is 0.251 e. The molecule has 0 spiro atoms. The number of carbonyl (C=O) groups is 1. The molecule has 17 heavy (non-hydrogen) atoms. The van der Waals surface area contributed by atoms with Crippen molar-refractivity contribution in [2.75, 3.05) is 6.61 Å². The summed E-state index contributed by atoms with van der Waals surface area (Å²) in [5, 5.41) is 11.8. The fraction of sp³-hybridized carbons (Fsp3) is 0.417. The van der Waals surface area contributed by atoms with Crippen LogP contribution in [0.2, 0.25) is 0 Å². The molecule has 3 nitrogen and oxygen atoms in total. The molecule has 0 bridgehead atoms. The third kappa shape index (κ3) is 3.78. The van der Waals surface area contributed by atoms with Gasteiger partial charge in [0.05, 0.1) is 17.1 Å². The van der Waals surface area contributed by atoms with Crippen LogP contribution in [0.25, 0.3) is 0 Å². The van der Waals surface area contributed by atoms with Crippen molar-refractivity contribution in [3.63, 3.8) is 0 Å². The lowest BCUT2D eigenvalue weighted by Gasteiger charge is -2.19. The number of aliphatic hydroxyl groups excluding tert-OH is 1. The van der Waals surface area contributed by atoms with Crippen molar-refractivity contribution >= 4 is 21.8 Å². The molecule has 0 heterocycles. The number of benzene rings is 1. The SMILES string of the molecule is CC(C)C(CO)NC(=O)c1ccc(Br)c(F)c1. The van der Waals surface area contributed by atoms with Crippen molar-refractivity contribution < 1.29 is 14.3 Å². The number of halogens is 2. The fourth-order valence-corrected chi connectivity index (χ4v) is 1.56. The van der Waals surface area contributed by atoms with Gasteiger partial charge in [-0.2, -0.15) is 0 Å². The summed E-state index contributed by atoms with van der Waals surface area (Å²) in [5.41, 5.74) is 0.241. The Bertz CT molecular complexity index is 409. The van der Waals surface area contributed by atoms with E-state index in [0.29, 0.717) is 4.47 Å². The first kappa shape index (κ1) is 14.1. The minimum absolute atomic E-state index is 0.115. The van der Waals surface area contributed by atoms with E-state index in [1.165, 1.54) is 12.1 Å². The highest BCUT2D eigenvalue weighted by Crippen LogP contribution is 2.16. The Labute approximate surface area is 108 Å². The quantitative estimate of drug-likeness (QED) is 0.897. The minimum atomic E-state index is -0.484. The molecule has 1 amide bonds. The van der Waals surface area contributed by atoms with Gasteiger partial charge in [0, 0.05) is 5.56 Å². The van der Waals surface area contributed by atoms with E-state index in [9.17, 15) is 9.18 Å². The Kier molecular flexibility index (Phi) is 5.08. The Hall–Kier alpha value is -0.940. The van der Waals surface area contributed by atoms with Crippen LogP contribution >= 0.6 is 15.9 Å². The maximum atomic E-state index is 13.2. The molecule has 1 aromatic carbocycles. The van der Waals surface area contributed by atoms with Gasteiger partial charge in [0.1, 0.15) is 5.82 Å². The van der Waals surface area contributed by atoms with Crippen molar-refractivity contribution in [1.82, 2.24) is 5.32 Å². The first-order valence-electron chi connectivity index (χ1n) is 5.32. The van der Waals surface area contributed by atoms with Crippen molar-refractivity contribution in [2.45, 2.75) is 19.9 Å². The third-order valence-electron chi connectivity index (χ3n) is 2.50. The molecule has 0 saturated heterocycles. The van der Waals surface area contributed by atoms with Gasteiger partial charge in [0.25, 0.3) is 5.91 Å². The zero-order chi connectivity index (χ0) is 13.0. The lowest BCUT2D eigenvalue weighted by Crippen LogP contribution is -2.41. The van der Waals surface area contributed by atoms with Crippen LogP contribution in [0.15, 0.2) is 22.7 Å². The van der Waals surface area contributed by atoms with Gasteiger partial charge >= 0.3 is 0 Å². The van der Waals surface area contributed by atoms with E-state index in [1.807, 2.05) is 13.8 Å². The number of amides is 1. The molecule has 94 valence electrons. The second kappa shape index (κ2) is 6.12. The van der Waals surface area contributed by atoms with Gasteiger partial charge in [-0.3, -0.25) is 4.79 Å². The monoisotopic (exact) mass is 303 g/mol. The molecule has 1 unspecified atom stereocenters. The number of hydrogen-bond donors (Lipinski definition) is 2. The summed E-state index contributed by atoms with van der Waals surface area (Å²) in [6, 6.07) is 3.84. The molecule has 2 N–H and O–H groups in total. The molecular formula is C12H15BrFNO2. The summed E-state index contributed by atoms with van der Waals surface area (Å²) in [6.45, 7) is 3.65. The second-order valence-electron chi connectivity index (χ2n) is 4.14. The van der Waals surface area contributed by atoms with E-state index in [1.54, 1.807) is 0 Å². The van der Waals surface area contributed by atoms with Gasteiger partial charge in [-0.25, -0.2) is 4.39 Å². The summed E-state index contributed by atoms with van der Waals surface area (Å²) in [4.78, 5) is 11.8. The molecule has 1 rings (SSSR count). The van der Waals surface area contributed by atoms with E-state index < -0.39 is 5.82 Å². The molecular weight excluding hydrogens is 289 g/mol. The third-order valence-corrected chi connectivity index (χ3v) is 3.14. The van der Waals surface area contributed by atoms with Gasteiger partial charge in [-0.15, -0.1) is 0 Å². The molecule has 0 aliphatic rings. The summed E-state index contributed by atoms with van der Waals surface area (Å²) < 4.78 is 13.6. The van der Waals surface area contributed by atoms with Crippen LogP contribution in [-0.4, -0.2) is 23.7 Å². The molecule has 1 aromatic rings. The van der Waals surface area contributed by atoms with Gasteiger partial charge in [-0.05, 0) is 40.0 Å². The summed E-state index contributed by atoms with van der Waals surface area (Å²) in [7, 11) is 0. The first-order chi connectivity index (χ1) is 7.95. The molecule has 0 aliphatic carbocycles. The number of carbonyl (C=O) groups excluding carboxylic acids is 1. The maximum absolute atomic E-state index is 13.2. The molecule has 0 radical (unpaired) electrons. The number of aliphatic hydroxyl groups is 1. The van der Waals surface area contributed by atoms with Gasteiger partial charge < -0.3 is 10.4 Å². The Morgan fingerprint density at radius 1 is 1.53 bits per heavy atom. The van der Waals surface area contributed by atoms with E-state index in [4.69, 9.17) is 5.11 Å². The smallest absolute Gasteiger partial charge is 0.251 e. The standard InChI is InChI=1S/C12H15BrFNO2/c1-7(2)11(6-16)15-12(17)8-3-4-9(13)10(14)5-8/h3-5,7,11,16H,6H2,1-2H3,(H,15,17). The Morgan fingerprint density at radius 2 is 2.18 bits per heavy atom. The van der Waals surface area contributed by atoms with Crippen LogP contribution in [0.5, 0.6) is 0 Å². The summed E-state index contributed by atoms with van der Waals surface area (Å²) in [6.07, 6.45) is 0. The highest BCUT2D eigenvalue weighted by molar-refractivity contribution is 9.10. The van der Waals surface area contributed by atoms with Crippen molar-refractivity contribution in [2.24, 2.45) is 5.92 Å². The van der Waals surface area contributed by atoms with Crippen LogP contribution in [-0.2, 0) is 0 Å². The van der Waals surface area contributed by atoms with Crippen LogP contribution in [0, 0.1) is 11.7 Å².